The molecular formula is C9H18N2O5. The number of hydrogen-bond donors (Lipinski definition) is 5. The van der Waals surface area contributed by atoms with Gasteiger partial charge in [0.15, 0.2) is 0 Å². The van der Waals surface area contributed by atoms with Gasteiger partial charge in [0.05, 0.1) is 6.61 Å². The number of aliphatic hydroxyl groups is 1. The fraction of sp³-hybridized carbons (Fsp3) is 0.778. The Hall–Kier alpha value is -1.18. The lowest BCUT2D eigenvalue weighted by Crippen LogP contribution is -2.51. The van der Waals surface area contributed by atoms with Gasteiger partial charge in [0, 0.05) is 0 Å². The molecule has 0 aromatic carbocycles. The number of unbranched alkanes of at least 4 members (excludes halogenated alkanes) is 1. The molecule has 0 aliphatic heterocycles. The zero-order valence-corrected chi connectivity index (χ0v) is 8.93. The Bertz CT molecular complexity index is 258. The van der Waals surface area contributed by atoms with Crippen LogP contribution in [-0.4, -0.2) is 45.4 Å². The van der Waals surface area contributed by atoms with E-state index in [1.54, 1.807) is 0 Å². The molecule has 0 aromatic rings. The van der Waals surface area contributed by atoms with Crippen molar-refractivity contribution in [3.8, 4) is 0 Å². The van der Waals surface area contributed by atoms with Gasteiger partial charge in [-0.1, -0.05) is 12.8 Å². The number of carboxylic acids is 2. The minimum Gasteiger partial charge on any atom is -0.480 e. The summed E-state index contributed by atoms with van der Waals surface area (Å²) < 4.78 is 0. The Labute approximate surface area is 93.0 Å². The van der Waals surface area contributed by atoms with Crippen molar-refractivity contribution in [2.45, 2.75) is 37.3 Å². The largest absolute Gasteiger partial charge is 0.480 e. The average Bonchev–Trinajstić information content (AvgIpc) is 2.23. The first kappa shape index (κ1) is 14.8. The fourth-order valence-corrected chi connectivity index (χ4v) is 1.18. The summed E-state index contributed by atoms with van der Waals surface area (Å²) in [5, 5.41) is 26.0. The zero-order valence-electron chi connectivity index (χ0n) is 8.93. The summed E-state index contributed by atoms with van der Waals surface area (Å²) in [5.74, 6) is -2.35. The minimum atomic E-state index is -1.65. The lowest BCUT2D eigenvalue weighted by atomic mass is 9.94. The van der Waals surface area contributed by atoms with Crippen LogP contribution >= 0.6 is 0 Å². The molecule has 0 rings (SSSR count). The summed E-state index contributed by atoms with van der Waals surface area (Å²) in [7, 11) is 0. The van der Waals surface area contributed by atoms with Gasteiger partial charge in [0.25, 0.3) is 0 Å². The first-order chi connectivity index (χ1) is 7.33. The SMILES string of the molecule is N[C@@H](CCCC[C@@](N)(CO)C(=O)O)C(=O)O. The van der Waals surface area contributed by atoms with E-state index in [4.69, 9.17) is 26.8 Å². The summed E-state index contributed by atoms with van der Waals surface area (Å²) in [6.45, 7) is -0.646. The van der Waals surface area contributed by atoms with Gasteiger partial charge in [-0.2, -0.15) is 0 Å². The van der Waals surface area contributed by atoms with Gasteiger partial charge >= 0.3 is 11.9 Å². The van der Waals surface area contributed by atoms with Gasteiger partial charge in [-0.05, 0) is 12.8 Å². The molecule has 7 heteroatoms. The zero-order chi connectivity index (χ0) is 12.8. The fourth-order valence-electron chi connectivity index (χ4n) is 1.18. The molecule has 7 N–H and O–H groups in total. The van der Waals surface area contributed by atoms with Crippen LogP contribution in [0.2, 0.25) is 0 Å². The van der Waals surface area contributed by atoms with Crippen LogP contribution in [0.15, 0.2) is 0 Å². The second-order valence-electron chi connectivity index (χ2n) is 3.81. The summed E-state index contributed by atoms with van der Waals surface area (Å²) in [5.41, 5.74) is 9.04. The van der Waals surface area contributed by atoms with Crippen LogP contribution in [0, 0.1) is 0 Å². The molecule has 0 bridgehead atoms. The topological polar surface area (TPSA) is 147 Å². The molecule has 0 aliphatic rings. The van der Waals surface area contributed by atoms with Crippen LogP contribution < -0.4 is 11.5 Å². The van der Waals surface area contributed by atoms with E-state index in [9.17, 15) is 9.59 Å². The van der Waals surface area contributed by atoms with Crippen molar-refractivity contribution in [3.63, 3.8) is 0 Å². The number of carbonyl (C=O) groups is 2. The normalized spacial score (nSPS) is 16.4. The Morgan fingerprint density at radius 2 is 1.81 bits per heavy atom. The van der Waals surface area contributed by atoms with Crippen LogP contribution in [0.5, 0.6) is 0 Å². The van der Waals surface area contributed by atoms with Gasteiger partial charge in [-0.3, -0.25) is 9.59 Å². The highest BCUT2D eigenvalue weighted by molar-refractivity contribution is 5.78. The second-order valence-corrected chi connectivity index (χ2v) is 3.81. The van der Waals surface area contributed by atoms with Crippen molar-refractivity contribution in [1.82, 2.24) is 0 Å². The van der Waals surface area contributed by atoms with Crippen molar-refractivity contribution < 1.29 is 24.9 Å². The van der Waals surface area contributed by atoms with E-state index >= 15 is 0 Å². The number of carboxylic acid groups (broad SMARTS) is 2. The van der Waals surface area contributed by atoms with E-state index in [2.05, 4.69) is 0 Å². The van der Waals surface area contributed by atoms with Gasteiger partial charge in [0.1, 0.15) is 11.6 Å². The second kappa shape index (κ2) is 6.41. The van der Waals surface area contributed by atoms with E-state index in [0.29, 0.717) is 12.8 Å². The van der Waals surface area contributed by atoms with Gasteiger partial charge in [0.2, 0.25) is 0 Å². The van der Waals surface area contributed by atoms with Crippen LogP contribution in [0.1, 0.15) is 25.7 Å². The van der Waals surface area contributed by atoms with Crippen molar-refractivity contribution in [1.29, 1.82) is 0 Å². The predicted octanol–water partition coefficient (Wildman–Crippen LogP) is -1.27. The Morgan fingerprint density at radius 3 is 2.19 bits per heavy atom. The maximum absolute atomic E-state index is 10.7. The van der Waals surface area contributed by atoms with E-state index in [1.165, 1.54) is 0 Å². The maximum atomic E-state index is 10.7. The molecule has 0 radical (unpaired) electrons. The van der Waals surface area contributed by atoms with Crippen molar-refractivity contribution in [2.24, 2.45) is 11.5 Å². The number of rotatable bonds is 8. The van der Waals surface area contributed by atoms with E-state index in [-0.39, 0.29) is 12.8 Å². The number of aliphatic carboxylic acids is 2. The monoisotopic (exact) mass is 234 g/mol. The number of hydrogen-bond acceptors (Lipinski definition) is 5. The third-order valence-electron chi connectivity index (χ3n) is 2.41. The summed E-state index contributed by atoms with van der Waals surface area (Å²) in [4.78, 5) is 21.1. The molecule has 16 heavy (non-hydrogen) atoms. The lowest BCUT2D eigenvalue weighted by Gasteiger charge is -2.21. The molecule has 7 nitrogen and oxygen atoms in total. The molecule has 2 atom stereocenters. The van der Waals surface area contributed by atoms with E-state index in [0.717, 1.165) is 0 Å². The first-order valence-electron chi connectivity index (χ1n) is 4.95. The molecule has 0 aromatic heterocycles. The molecular weight excluding hydrogens is 216 g/mol. The Kier molecular flexibility index (Phi) is 5.94. The summed E-state index contributed by atoms with van der Waals surface area (Å²) in [6.07, 6.45) is 1.21. The number of aliphatic hydroxyl groups excluding tert-OH is 1. The number of nitrogens with two attached hydrogens (primary N) is 2. The third-order valence-corrected chi connectivity index (χ3v) is 2.41. The minimum absolute atomic E-state index is 0.0885. The smallest absolute Gasteiger partial charge is 0.326 e. The average molecular weight is 234 g/mol. The Morgan fingerprint density at radius 1 is 1.25 bits per heavy atom. The lowest BCUT2D eigenvalue weighted by molar-refractivity contribution is -0.145. The molecule has 0 spiro atoms. The molecule has 0 saturated heterocycles. The summed E-state index contributed by atoms with van der Waals surface area (Å²) >= 11 is 0. The van der Waals surface area contributed by atoms with Gasteiger partial charge < -0.3 is 26.8 Å². The highest BCUT2D eigenvalue weighted by atomic mass is 16.4. The van der Waals surface area contributed by atoms with Crippen LogP contribution in [-0.2, 0) is 9.59 Å². The third kappa shape index (κ3) is 4.56. The molecule has 0 fully saturated rings. The maximum Gasteiger partial charge on any atom is 0.326 e. The molecule has 94 valence electrons. The Balaban J connectivity index is 3.89. The van der Waals surface area contributed by atoms with Crippen LogP contribution in [0.3, 0.4) is 0 Å². The molecule has 0 unspecified atom stereocenters. The van der Waals surface area contributed by atoms with Gasteiger partial charge in [-0.15, -0.1) is 0 Å². The van der Waals surface area contributed by atoms with Crippen molar-refractivity contribution >= 4 is 11.9 Å². The van der Waals surface area contributed by atoms with E-state index < -0.39 is 30.1 Å². The van der Waals surface area contributed by atoms with Crippen LogP contribution in [0.4, 0.5) is 0 Å². The van der Waals surface area contributed by atoms with Crippen molar-refractivity contribution in [3.05, 3.63) is 0 Å². The molecule has 0 saturated carbocycles. The predicted molar refractivity (Wildman–Crippen MR) is 55.7 cm³/mol. The quantitative estimate of drug-likeness (QED) is 0.329. The standard InChI is InChI=1S/C9H18N2O5/c10-6(7(13)14)3-1-2-4-9(11,5-12)8(15)16/h6,12H,1-5,10-11H2,(H,13,14)(H,15,16)/t6-,9+/m0/s1. The highest BCUT2D eigenvalue weighted by Crippen LogP contribution is 2.13. The van der Waals surface area contributed by atoms with Gasteiger partial charge in [-0.25, -0.2) is 0 Å². The van der Waals surface area contributed by atoms with Crippen LogP contribution in [0.25, 0.3) is 0 Å². The molecule has 0 amide bonds. The summed E-state index contributed by atoms with van der Waals surface area (Å²) in [6, 6.07) is -0.939. The van der Waals surface area contributed by atoms with Crippen molar-refractivity contribution in [2.75, 3.05) is 6.61 Å². The van der Waals surface area contributed by atoms with E-state index in [1.807, 2.05) is 0 Å². The first-order valence-corrected chi connectivity index (χ1v) is 4.95. The molecule has 0 heterocycles. The highest BCUT2D eigenvalue weighted by Gasteiger charge is 2.32. The molecule has 0 aliphatic carbocycles.